The third-order valence-corrected chi connectivity index (χ3v) is 1.64. The van der Waals surface area contributed by atoms with E-state index in [1.165, 1.54) is 0 Å². The van der Waals surface area contributed by atoms with Crippen LogP contribution in [0.2, 0.25) is 0 Å². The second-order valence-electron chi connectivity index (χ2n) is 2.93. The van der Waals surface area contributed by atoms with Gasteiger partial charge in [0.1, 0.15) is 0 Å². The maximum Gasteiger partial charge on any atom is 0.308 e. The molecule has 0 spiro atoms. The molecule has 0 aromatic rings. The molecule has 1 N–H and O–H groups in total. The summed E-state index contributed by atoms with van der Waals surface area (Å²) in [4.78, 5) is 11.0. The smallest absolute Gasteiger partial charge is 0.308 e. The van der Waals surface area contributed by atoms with Crippen LogP contribution in [0.15, 0.2) is 0 Å². The van der Waals surface area contributed by atoms with E-state index >= 15 is 0 Å². The molecular formula is C9H15NO3. The summed E-state index contributed by atoms with van der Waals surface area (Å²) in [6.45, 7) is 3.69. The Kier molecular flexibility index (Phi) is 5.90. The maximum atomic E-state index is 11.0. The Morgan fingerprint density at radius 1 is 1.69 bits per heavy atom. The van der Waals surface area contributed by atoms with Gasteiger partial charge in [-0.15, -0.1) is 0 Å². The summed E-state index contributed by atoms with van der Waals surface area (Å²) < 4.78 is 4.91. The third-order valence-electron chi connectivity index (χ3n) is 1.64. The van der Waals surface area contributed by atoms with Crippen LogP contribution in [0.3, 0.4) is 0 Å². The van der Waals surface area contributed by atoms with E-state index in [1.807, 2.05) is 6.92 Å². The van der Waals surface area contributed by atoms with E-state index < -0.39 is 12.1 Å². The summed E-state index contributed by atoms with van der Waals surface area (Å²) in [6.07, 6.45) is -0.406. The Hall–Kier alpha value is -1.08. The summed E-state index contributed by atoms with van der Waals surface area (Å²) >= 11 is 0. The van der Waals surface area contributed by atoms with E-state index in [0.29, 0.717) is 0 Å². The van der Waals surface area contributed by atoms with Crippen LogP contribution in [-0.2, 0) is 9.53 Å². The van der Waals surface area contributed by atoms with Crippen molar-refractivity contribution in [2.24, 2.45) is 0 Å². The van der Waals surface area contributed by atoms with Crippen LogP contribution in [0.4, 0.5) is 0 Å². The van der Waals surface area contributed by atoms with Crippen molar-refractivity contribution in [3.8, 4) is 6.07 Å². The molecule has 0 heterocycles. The number of nitrogens with zero attached hydrogens (tertiary/aromatic N) is 1. The number of carbonyl (C=O) groups is 1. The molecule has 0 aliphatic carbocycles. The average molecular weight is 185 g/mol. The van der Waals surface area contributed by atoms with Crippen molar-refractivity contribution in [1.82, 2.24) is 0 Å². The molecule has 0 radical (unpaired) electrons. The lowest BCUT2D eigenvalue weighted by Crippen LogP contribution is -2.19. The number of esters is 1. The highest BCUT2D eigenvalue weighted by atomic mass is 16.5. The number of carbonyl (C=O) groups excluding carboxylic acids is 1. The van der Waals surface area contributed by atoms with Crippen molar-refractivity contribution >= 4 is 5.97 Å². The van der Waals surface area contributed by atoms with Crippen LogP contribution in [0.1, 0.15) is 33.1 Å². The standard InChI is InChI=1S/C9H15NO3/c1-3-7(2)13-9(12)6-8(11)4-5-10/h7-8,11H,3-4,6H2,1-2H3. The van der Waals surface area contributed by atoms with Gasteiger partial charge in [0.2, 0.25) is 0 Å². The second-order valence-corrected chi connectivity index (χ2v) is 2.93. The number of rotatable bonds is 5. The van der Waals surface area contributed by atoms with Gasteiger partial charge < -0.3 is 9.84 Å². The van der Waals surface area contributed by atoms with Gasteiger partial charge in [-0.3, -0.25) is 4.79 Å². The molecule has 2 unspecified atom stereocenters. The predicted octanol–water partition coefficient (Wildman–Crippen LogP) is 0.993. The molecule has 13 heavy (non-hydrogen) atoms. The van der Waals surface area contributed by atoms with Gasteiger partial charge in [0.05, 0.1) is 31.1 Å². The zero-order valence-electron chi connectivity index (χ0n) is 7.99. The minimum absolute atomic E-state index is 0.0321. The van der Waals surface area contributed by atoms with E-state index in [9.17, 15) is 4.79 Å². The molecule has 0 rings (SSSR count). The van der Waals surface area contributed by atoms with Gasteiger partial charge in [-0.1, -0.05) is 6.92 Å². The molecule has 74 valence electrons. The molecule has 4 nitrogen and oxygen atoms in total. The van der Waals surface area contributed by atoms with Crippen LogP contribution in [0, 0.1) is 11.3 Å². The summed E-state index contributed by atoms with van der Waals surface area (Å²) in [6, 6.07) is 1.78. The van der Waals surface area contributed by atoms with Gasteiger partial charge in [0.25, 0.3) is 0 Å². The Bertz CT molecular complexity index is 198. The number of aliphatic hydroxyl groups is 1. The normalized spacial score (nSPS) is 14.3. The molecule has 0 bridgehead atoms. The Labute approximate surface area is 78.1 Å². The number of ether oxygens (including phenoxy) is 1. The maximum absolute atomic E-state index is 11.0. The molecule has 4 heteroatoms. The largest absolute Gasteiger partial charge is 0.463 e. The molecule has 0 aliphatic heterocycles. The van der Waals surface area contributed by atoms with Gasteiger partial charge in [-0.2, -0.15) is 5.26 Å². The van der Waals surface area contributed by atoms with Crippen LogP contribution in [0.25, 0.3) is 0 Å². The second kappa shape index (κ2) is 6.44. The molecule has 0 saturated heterocycles. The fourth-order valence-corrected chi connectivity index (χ4v) is 0.726. The lowest BCUT2D eigenvalue weighted by molar-refractivity contribution is -0.150. The first-order valence-electron chi connectivity index (χ1n) is 4.34. The summed E-state index contributed by atoms with van der Waals surface area (Å²) in [5, 5.41) is 17.3. The van der Waals surface area contributed by atoms with Crippen molar-refractivity contribution in [3.05, 3.63) is 0 Å². The van der Waals surface area contributed by atoms with Crippen LogP contribution >= 0.6 is 0 Å². The fourth-order valence-electron chi connectivity index (χ4n) is 0.726. The minimum atomic E-state index is -0.901. The third kappa shape index (κ3) is 6.12. The molecule has 0 aliphatic rings. The first-order valence-corrected chi connectivity index (χ1v) is 4.34. The summed E-state index contributed by atoms with van der Waals surface area (Å²) in [5.41, 5.74) is 0. The van der Waals surface area contributed by atoms with Gasteiger partial charge in [0.15, 0.2) is 0 Å². The van der Waals surface area contributed by atoms with E-state index in [1.54, 1.807) is 13.0 Å². The van der Waals surface area contributed by atoms with Gasteiger partial charge in [-0.25, -0.2) is 0 Å². The number of hydrogen-bond acceptors (Lipinski definition) is 4. The monoisotopic (exact) mass is 185 g/mol. The first kappa shape index (κ1) is 11.9. The topological polar surface area (TPSA) is 70.3 Å². The SMILES string of the molecule is CCC(C)OC(=O)CC(O)CC#N. The number of hydrogen-bond donors (Lipinski definition) is 1. The molecule has 0 saturated carbocycles. The van der Waals surface area contributed by atoms with E-state index in [2.05, 4.69) is 0 Å². The summed E-state index contributed by atoms with van der Waals surface area (Å²) in [5.74, 6) is -0.447. The fraction of sp³-hybridized carbons (Fsp3) is 0.778. The lowest BCUT2D eigenvalue weighted by atomic mass is 10.2. The Morgan fingerprint density at radius 2 is 2.31 bits per heavy atom. The Morgan fingerprint density at radius 3 is 2.77 bits per heavy atom. The molecule has 0 fully saturated rings. The van der Waals surface area contributed by atoms with Gasteiger partial charge in [0, 0.05) is 0 Å². The van der Waals surface area contributed by atoms with E-state index in [-0.39, 0.29) is 18.9 Å². The molecular weight excluding hydrogens is 170 g/mol. The zero-order valence-corrected chi connectivity index (χ0v) is 7.99. The van der Waals surface area contributed by atoms with E-state index in [4.69, 9.17) is 15.1 Å². The van der Waals surface area contributed by atoms with Crippen molar-refractivity contribution < 1.29 is 14.6 Å². The van der Waals surface area contributed by atoms with E-state index in [0.717, 1.165) is 6.42 Å². The molecule has 0 amide bonds. The average Bonchev–Trinajstić information content (AvgIpc) is 2.04. The highest BCUT2D eigenvalue weighted by Gasteiger charge is 2.13. The Balaban J connectivity index is 3.68. The van der Waals surface area contributed by atoms with Crippen molar-refractivity contribution in [2.45, 2.75) is 45.3 Å². The highest BCUT2D eigenvalue weighted by Crippen LogP contribution is 2.03. The highest BCUT2D eigenvalue weighted by molar-refractivity contribution is 5.70. The van der Waals surface area contributed by atoms with Crippen molar-refractivity contribution in [2.75, 3.05) is 0 Å². The van der Waals surface area contributed by atoms with Crippen molar-refractivity contribution in [1.29, 1.82) is 5.26 Å². The quantitative estimate of drug-likeness (QED) is 0.648. The molecule has 0 aromatic carbocycles. The molecule has 0 aromatic heterocycles. The first-order chi connectivity index (χ1) is 6.10. The number of nitriles is 1. The van der Waals surface area contributed by atoms with Gasteiger partial charge >= 0.3 is 5.97 Å². The lowest BCUT2D eigenvalue weighted by Gasteiger charge is -2.11. The number of aliphatic hydroxyl groups excluding tert-OH is 1. The van der Waals surface area contributed by atoms with Crippen LogP contribution < -0.4 is 0 Å². The predicted molar refractivity (Wildman–Crippen MR) is 46.7 cm³/mol. The van der Waals surface area contributed by atoms with Crippen LogP contribution in [0.5, 0.6) is 0 Å². The van der Waals surface area contributed by atoms with Gasteiger partial charge in [-0.05, 0) is 13.3 Å². The van der Waals surface area contributed by atoms with Crippen LogP contribution in [-0.4, -0.2) is 23.3 Å². The molecule has 2 atom stereocenters. The summed E-state index contributed by atoms with van der Waals surface area (Å²) in [7, 11) is 0. The minimum Gasteiger partial charge on any atom is -0.463 e. The van der Waals surface area contributed by atoms with Crippen molar-refractivity contribution in [3.63, 3.8) is 0 Å². The zero-order chi connectivity index (χ0) is 10.3.